The Kier molecular flexibility index (Phi) is 3.45. The first-order chi connectivity index (χ1) is 6.85. The predicted octanol–water partition coefficient (Wildman–Crippen LogP) is 1.86. The van der Waals surface area contributed by atoms with Crippen LogP contribution >= 0.6 is 0 Å². The molecule has 0 bridgehead atoms. The molecule has 0 aromatic rings. The fourth-order valence-corrected chi connectivity index (χ4v) is 2.85. The molecule has 0 aliphatic heterocycles. The van der Waals surface area contributed by atoms with E-state index in [9.17, 15) is 0 Å². The Hall–Kier alpha value is -0.0800. The van der Waals surface area contributed by atoms with Crippen molar-refractivity contribution in [1.82, 2.24) is 10.2 Å². The molecule has 0 heterocycles. The van der Waals surface area contributed by atoms with Crippen LogP contribution < -0.4 is 5.32 Å². The lowest BCUT2D eigenvalue weighted by molar-refractivity contribution is 0.177. The van der Waals surface area contributed by atoms with E-state index in [-0.39, 0.29) is 0 Å². The smallest absolute Gasteiger partial charge is 0.0249 e. The van der Waals surface area contributed by atoms with Gasteiger partial charge in [-0.05, 0) is 45.2 Å². The average molecular weight is 196 g/mol. The van der Waals surface area contributed by atoms with E-state index in [1.165, 1.54) is 45.2 Å². The number of hydrogen-bond acceptors (Lipinski definition) is 2. The van der Waals surface area contributed by atoms with Crippen molar-refractivity contribution >= 4 is 0 Å². The summed E-state index contributed by atoms with van der Waals surface area (Å²) in [5, 5.41) is 3.48. The van der Waals surface area contributed by atoms with Crippen molar-refractivity contribution in [3.8, 4) is 0 Å². The van der Waals surface area contributed by atoms with E-state index in [4.69, 9.17) is 0 Å². The van der Waals surface area contributed by atoms with Crippen LogP contribution in [0.4, 0.5) is 0 Å². The highest BCUT2D eigenvalue weighted by Crippen LogP contribution is 2.32. The third-order valence-electron chi connectivity index (χ3n) is 3.92. The number of nitrogens with one attached hydrogen (secondary N) is 1. The van der Waals surface area contributed by atoms with Crippen LogP contribution in [0.15, 0.2) is 0 Å². The van der Waals surface area contributed by atoms with Crippen molar-refractivity contribution in [1.29, 1.82) is 0 Å². The monoisotopic (exact) mass is 196 g/mol. The molecule has 0 radical (unpaired) electrons. The van der Waals surface area contributed by atoms with Crippen LogP contribution in [-0.2, 0) is 0 Å². The topological polar surface area (TPSA) is 15.3 Å². The molecule has 2 fully saturated rings. The van der Waals surface area contributed by atoms with Crippen molar-refractivity contribution in [2.75, 3.05) is 20.1 Å². The summed E-state index contributed by atoms with van der Waals surface area (Å²) in [5.41, 5.74) is 0. The lowest BCUT2D eigenvalue weighted by atomic mass is 10.1. The average Bonchev–Trinajstić information content (AvgIpc) is 2.90. The first-order valence-corrected chi connectivity index (χ1v) is 6.26. The second kappa shape index (κ2) is 4.63. The third kappa shape index (κ3) is 2.29. The minimum absolute atomic E-state index is 0.758. The Morgan fingerprint density at radius 2 is 2.00 bits per heavy atom. The molecule has 2 saturated carbocycles. The van der Waals surface area contributed by atoms with Gasteiger partial charge >= 0.3 is 0 Å². The van der Waals surface area contributed by atoms with Gasteiger partial charge in [0.2, 0.25) is 0 Å². The maximum absolute atomic E-state index is 3.48. The molecule has 0 saturated heterocycles. The largest absolute Gasteiger partial charge is 0.315 e. The summed E-state index contributed by atoms with van der Waals surface area (Å²) < 4.78 is 0. The molecular formula is C12H24N2. The van der Waals surface area contributed by atoms with Gasteiger partial charge in [-0.1, -0.05) is 13.3 Å². The summed E-state index contributed by atoms with van der Waals surface area (Å²) in [4.78, 5) is 2.71. The van der Waals surface area contributed by atoms with Gasteiger partial charge in [-0.3, -0.25) is 4.90 Å². The highest BCUT2D eigenvalue weighted by molar-refractivity contribution is 4.91. The minimum atomic E-state index is 0.758. The summed E-state index contributed by atoms with van der Waals surface area (Å²) in [5.74, 6) is 1.04. The van der Waals surface area contributed by atoms with Crippen LogP contribution in [0, 0.1) is 5.92 Å². The Morgan fingerprint density at radius 1 is 1.21 bits per heavy atom. The van der Waals surface area contributed by atoms with E-state index in [0.29, 0.717) is 0 Å². The standard InChI is InChI=1S/C12H24N2/c1-3-14(9-10-7-8-10)12-6-4-5-11(12)13-2/h10-13H,3-9H2,1-2H3. The highest BCUT2D eigenvalue weighted by atomic mass is 15.2. The first kappa shape index (κ1) is 10.4. The van der Waals surface area contributed by atoms with Gasteiger partial charge in [0.15, 0.2) is 0 Å². The van der Waals surface area contributed by atoms with Gasteiger partial charge in [-0.15, -0.1) is 0 Å². The molecule has 0 spiro atoms. The summed E-state index contributed by atoms with van der Waals surface area (Å²) in [6.07, 6.45) is 7.16. The van der Waals surface area contributed by atoms with Gasteiger partial charge in [-0.2, -0.15) is 0 Å². The zero-order valence-corrected chi connectivity index (χ0v) is 9.63. The molecule has 2 heteroatoms. The Labute approximate surface area is 88.1 Å². The third-order valence-corrected chi connectivity index (χ3v) is 3.92. The summed E-state index contributed by atoms with van der Waals surface area (Å²) in [7, 11) is 2.12. The summed E-state index contributed by atoms with van der Waals surface area (Å²) in [6.45, 7) is 4.91. The van der Waals surface area contributed by atoms with E-state index in [0.717, 1.165) is 18.0 Å². The second-order valence-electron chi connectivity index (χ2n) is 4.92. The zero-order valence-electron chi connectivity index (χ0n) is 9.63. The van der Waals surface area contributed by atoms with Gasteiger partial charge in [0.25, 0.3) is 0 Å². The van der Waals surface area contributed by atoms with E-state index < -0.39 is 0 Å². The maximum Gasteiger partial charge on any atom is 0.0249 e. The number of nitrogens with zero attached hydrogens (tertiary/aromatic N) is 1. The van der Waals surface area contributed by atoms with Gasteiger partial charge in [0.05, 0.1) is 0 Å². The SMILES string of the molecule is CCN(CC1CC1)C1CCCC1NC. The molecule has 2 nitrogen and oxygen atoms in total. The van der Waals surface area contributed by atoms with E-state index in [1.54, 1.807) is 0 Å². The zero-order chi connectivity index (χ0) is 9.97. The van der Waals surface area contributed by atoms with E-state index in [2.05, 4.69) is 24.2 Å². The van der Waals surface area contributed by atoms with Gasteiger partial charge in [0.1, 0.15) is 0 Å². The Bertz CT molecular complexity index is 177. The first-order valence-electron chi connectivity index (χ1n) is 6.26. The molecule has 14 heavy (non-hydrogen) atoms. The van der Waals surface area contributed by atoms with Crippen LogP contribution in [0.3, 0.4) is 0 Å². The lowest BCUT2D eigenvalue weighted by Crippen LogP contribution is -2.46. The van der Waals surface area contributed by atoms with Crippen LogP contribution in [0.1, 0.15) is 39.0 Å². The molecule has 82 valence electrons. The Balaban J connectivity index is 1.87. The predicted molar refractivity (Wildman–Crippen MR) is 60.5 cm³/mol. The summed E-state index contributed by atoms with van der Waals surface area (Å²) >= 11 is 0. The van der Waals surface area contributed by atoms with Gasteiger partial charge in [-0.25, -0.2) is 0 Å². The Morgan fingerprint density at radius 3 is 2.57 bits per heavy atom. The van der Waals surface area contributed by atoms with Crippen molar-refractivity contribution in [2.45, 2.75) is 51.1 Å². The van der Waals surface area contributed by atoms with Gasteiger partial charge in [0, 0.05) is 18.6 Å². The molecular weight excluding hydrogens is 172 g/mol. The van der Waals surface area contributed by atoms with Crippen molar-refractivity contribution in [2.24, 2.45) is 5.92 Å². The highest BCUT2D eigenvalue weighted by Gasteiger charge is 2.33. The van der Waals surface area contributed by atoms with Crippen LogP contribution in [0.5, 0.6) is 0 Å². The quantitative estimate of drug-likeness (QED) is 0.722. The number of rotatable bonds is 5. The van der Waals surface area contributed by atoms with Crippen LogP contribution in [0.25, 0.3) is 0 Å². The molecule has 0 aromatic carbocycles. The number of hydrogen-bond donors (Lipinski definition) is 1. The molecule has 2 aliphatic rings. The molecule has 2 atom stereocenters. The summed E-state index contributed by atoms with van der Waals surface area (Å²) in [6, 6.07) is 1.58. The second-order valence-corrected chi connectivity index (χ2v) is 4.92. The van der Waals surface area contributed by atoms with Crippen molar-refractivity contribution in [3.05, 3.63) is 0 Å². The minimum Gasteiger partial charge on any atom is -0.315 e. The van der Waals surface area contributed by atoms with E-state index in [1.807, 2.05) is 0 Å². The molecule has 2 unspecified atom stereocenters. The molecule has 0 amide bonds. The fourth-order valence-electron chi connectivity index (χ4n) is 2.85. The van der Waals surface area contributed by atoms with Crippen LogP contribution in [-0.4, -0.2) is 37.1 Å². The van der Waals surface area contributed by atoms with Crippen LogP contribution in [0.2, 0.25) is 0 Å². The molecule has 2 rings (SSSR count). The number of likely N-dealkylation sites (N-methyl/N-ethyl adjacent to an activating group) is 2. The van der Waals surface area contributed by atoms with E-state index >= 15 is 0 Å². The molecule has 2 aliphatic carbocycles. The maximum atomic E-state index is 3.48. The van der Waals surface area contributed by atoms with Crippen molar-refractivity contribution in [3.63, 3.8) is 0 Å². The van der Waals surface area contributed by atoms with Gasteiger partial charge < -0.3 is 5.32 Å². The molecule has 1 N–H and O–H groups in total. The molecule has 0 aromatic heterocycles. The lowest BCUT2D eigenvalue weighted by Gasteiger charge is -2.32. The normalized spacial score (nSPS) is 32.8. The van der Waals surface area contributed by atoms with Crippen molar-refractivity contribution < 1.29 is 0 Å². The fraction of sp³-hybridized carbons (Fsp3) is 1.00.